The second-order valence-corrected chi connectivity index (χ2v) is 7.79. The molecule has 0 bridgehead atoms. The summed E-state index contributed by atoms with van der Waals surface area (Å²) in [7, 11) is 0. The Labute approximate surface area is 165 Å². The smallest absolute Gasteiger partial charge is 0.263 e. The number of carbonyl (C=O) groups is 1. The molecule has 0 spiro atoms. The summed E-state index contributed by atoms with van der Waals surface area (Å²) < 4.78 is 15.4. The average Bonchev–Trinajstić information content (AvgIpc) is 3.20. The minimum atomic E-state index is -0.306. The number of nitrogens with zero attached hydrogens (tertiary/aromatic N) is 2. The molecule has 1 aliphatic heterocycles. The molecule has 4 nitrogen and oxygen atoms in total. The zero-order valence-corrected chi connectivity index (χ0v) is 15.9. The lowest BCUT2D eigenvalue weighted by atomic mass is 10.1. The third kappa shape index (κ3) is 3.70. The predicted octanol–water partition coefficient (Wildman–Crippen LogP) is 4.48. The lowest BCUT2D eigenvalue weighted by molar-refractivity contribution is -0.115. The first-order chi connectivity index (χ1) is 13.0. The van der Waals surface area contributed by atoms with E-state index < -0.39 is 0 Å². The number of carbonyl (C=O) groups excluding carboxylic acids is 1. The monoisotopic (exact) mass is 395 g/mol. The summed E-state index contributed by atoms with van der Waals surface area (Å²) in [6, 6.07) is 14.1. The van der Waals surface area contributed by atoms with Gasteiger partial charge in [0.05, 0.1) is 16.3 Å². The molecule has 2 heterocycles. The number of aromatic nitrogens is 2. The van der Waals surface area contributed by atoms with Gasteiger partial charge in [-0.3, -0.25) is 4.79 Å². The molecule has 1 saturated heterocycles. The SMILES string of the molecule is Cc1ccc(-c2nn(-c3ccc(F)cc3)cc2/C=C2\SC(=S)NC2=O)cc1. The van der Waals surface area contributed by atoms with Crippen LogP contribution < -0.4 is 5.32 Å². The lowest BCUT2D eigenvalue weighted by Crippen LogP contribution is -2.17. The number of amides is 1. The fourth-order valence-corrected chi connectivity index (χ4v) is 3.75. The predicted molar refractivity (Wildman–Crippen MR) is 110 cm³/mol. The van der Waals surface area contributed by atoms with Gasteiger partial charge in [0.25, 0.3) is 5.91 Å². The second-order valence-electron chi connectivity index (χ2n) is 6.07. The zero-order chi connectivity index (χ0) is 19.0. The van der Waals surface area contributed by atoms with Crippen molar-refractivity contribution in [3.8, 4) is 16.9 Å². The molecule has 0 saturated carbocycles. The van der Waals surface area contributed by atoms with Gasteiger partial charge < -0.3 is 5.32 Å². The van der Waals surface area contributed by atoms with Crippen LogP contribution in [0.15, 0.2) is 59.6 Å². The summed E-state index contributed by atoms with van der Waals surface area (Å²) in [5.41, 5.74) is 4.32. The van der Waals surface area contributed by atoms with Crippen LogP contribution in [0.5, 0.6) is 0 Å². The third-order valence-corrected chi connectivity index (χ3v) is 5.25. The van der Waals surface area contributed by atoms with Crippen LogP contribution >= 0.6 is 24.0 Å². The molecule has 0 atom stereocenters. The number of thiocarbonyl (C=S) groups is 1. The number of halogens is 1. The molecule has 1 aliphatic rings. The molecule has 7 heteroatoms. The summed E-state index contributed by atoms with van der Waals surface area (Å²) >= 11 is 6.28. The topological polar surface area (TPSA) is 46.9 Å². The van der Waals surface area contributed by atoms with Crippen molar-refractivity contribution in [2.24, 2.45) is 0 Å². The molecule has 4 rings (SSSR count). The Balaban J connectivity index is 1.83. The Hall–Kier alpha value is -2.77. The molecule has 1 fully saturated rings. The van der Waals surface area contributed by atoms with Gasteiger partial charge in [-0.2, -0.15) is 5.10 Å². The van der Waals surface area contributed by atoms with E-state index in [4.69, 9.17) is 12.2 Å². The second kappa shape index (κ2) is 7.09. The van der Waals surface area contributed by atoms with Crippen molar-refractivity contribution in [2.75, 3.05) is 0 Å². The first-order valence-corrected chi connectivity index (χ1v) is 9.39. The molecule has 0 unspecified atom stereocenters. The van der Waals surface area contributed by atoms with Crippen molar-refractivity contribution in [1.29, 1.82) is 0 Å². The van der Waals surface area contributed by atoms with Crippen LogP contribution in [0, 0.1) is 12.7 Å². The van der Waals surface area contributed by atoms with Crippen LogP contribution in [0.25, 0.3) is 23.0 Å². The molecule has 0 aliphatic carbocycles. The summed E-state index contributed by atoms with van der Waals surface area (Å²) in [5, 5.41) is 7.29. The van der Waals surface area contributed by atoms with E-state index in [1.807, 2.05) is 37.4 Å². The Morgan fingerprint density at radius 1 is 1.15 bits per heavy atom. The Kier molecular flexibility index (Phi) is 4.63. The summed E-state index contributed by atoms with van der Waals surface area (Å²) in [6.07, 6.45) is 3.60. The van der Waals surface area contributed by atoms with E-state index in [0.717, 1.165) is 28.1 Å². The van der Waals surface area contributed by atoms with Gasteiger partial charge in [-0.1, -0.05) is 53.8 Å². The van der Waals surface area contributed by atoms with Crippen molar-refractivity contribution in [2.45, 2.75) is 6.92 Å². The summed E-state index contributed by atoms with van der Waals surface area (Å²) in [6.45, 7) is 2.02. The van der Waals surface area contributed by atoms with Gasteiger partial charge in [0.15, 0.2) is 0 Å². The number of benzene rings is 2. The largest absolute Gasteiger partial charge is 0.307 e. The van der Waals surface area contributed by atoms with Gasteiger partial charge in [0.2, 0.25) is 0 Å². The quantitative estimate of drug-likeness (QED) is 0.525. The molecule has 1 amide bonds. The maximum Gasteiger partial charge on any atom is 0.263 e. The van der Waals surface area contributed by atoms with E-state index in [1.54, 1.807) is 22.9 Å². The highest BCUT2D eigenvalue weighted by Crippen LogP contribution is 2.31. The fraction of sp³-hybridized carbons (Fsp3) is 0.0500. The van der Waals surface area contributed by atoms with Crippen molar-refractivity contribution >= 4 is 40.3 Å². The van der Waals surface area contributed by atoms with Gasteiger partial charge in [-0.05, 0) is 37.3 Å². The molecular weight excluding hydrogens is 381 g/mol. The molecule has 2 aromatic carbocycles. The summed E-state index contributed by atoms with van der Waals surface area (Å²) in [5.74, 6) is -0.520. The van der Waals surface area contributed by atoms with Crippen LogP contribution in [0.2, 0.25) is 0 Å². The van der Waals surface area contributed by atoms with E-state index in [-0.39, 0.29) is 11.7 Å². The number of aryl methyl sites for hydroxylation is 1. The normalized spacial score (nSPS) is 15.4. The minimum absolute atomic E-state index is 0.214. The van der Waals surface area contributed by atoms with Gasteiger partial charge in [-0.25, -0.2) is 9.07 Å². The molecule has 27 heavy (non-hydrogen) atoms. The Bertz CT molecular complexity index is 1070. The highest BCUT2D eigenvalue weighted by atomic mass is 32.2. The minimum Gasteiger partial charge on any atom is -0.307 e. The molecular formula is C20H14FN3OS2. The molecule has 134 valence electrons. The van der Waals surface area contributed by atoms with Crippen LogP contribution in [0.1, 0.15) is 11.1 Å². The maximum atomic E-state index is 13.2. The standard InChI is InChI=1S/C20H14FN3OS2/c1-12-2-4-13(5-3-12)18-14(10-17-19(25)22-20(26)27-17)11-24(23-18)16-8-6-15(21)7-9-16/h2-11H,1H3,(H,22,25,26)/b17-10-. The maximum absolute atomic E-state index is 13.2. The highest BCUT2D eigenvalue weighted by molar-refractivity contribution is 8.26. The van der Waals surface area contributed by atoms with E-state index >= 15 is 0 Å². The van der Waals surface area contributed by atoms with E-state index in [2.05, 4.69) is 10.4 Å². The third-order valence-electron chi connectivity index (χ3n) is 4.09. The lowest BCUT2D eigenvalue weighted by Gasteiger charge is -2.01. The van der Waals surface area contributed by atoms with Crippen molar-refractivity contribution in [1.82, 2.24) is 15.1 Å². The summed E-state index contributed by atoms with van der Waals surface area (Å²) in [4.78, 5) is 12.6. The van der Waals surface area contributed by atoms with Crippen LogP contribution in [-0.4, -0.2) is 20.0 Å². The van der Waals surface area contributed by atoms with Crippen molar-refractivity contribution < 1.29 is 9.18 Å². The number of thioether (sulfide) groups is 1. The Morgan fingerprint density at radius 3 is 2.48 bits per heavy atom. The molecule has 1 N–H and O–H groups in total. The van der Waals surface area contributed by atoms with Crippen molar-refractivity contribution in [3.63, 3.8) is 0 Å². The van der Waals surface area contributed by atoms with Gasteiger partial charge in [0.1, 0.15) is 10.1 Å². The molecule has 0 radical (unpaired) electrons. The van der Waals surface area contributed by atoms with Crippen LogP contribution in [-0.2, 0) is 4.79 Å². The first kappa shape index (κ1) is 17.6. The molecule has 1 aromatic heterocycles. The van der Waals surface area contributed by atoms with E-state index in [9.17, 15) is 9.18 Å². The number of hydrogen-bond acceptors (Lipinski definition) is 4. The fourth-order valence-electron chi connectivity index (χ4n) is 2.72. The Morgan fingerprint density at radius 2 is 1.85 bits per heavy atom. The number of rotatable bonds is 3. The number of hydrogen-bond donors (Lipinski definition) is 1. The van der Waals surface area contributed by atoms with Crippen LogP contribution in [0.4, 0.5) is 4.39 Å². The number of nitrogens with one attached hydrogen (secondary N) is 1. The van der Waals surface area contributed by atoms with Gasteiger partial charge >= 0.3 is 0 Å². The van der Waals surface area contributed by atoms with Crippen LogP contribution in [0.3, 0.4) is 0 Å². The highest BCUT2D eigenvalue weighted by Gasteiger charge is 2.23. The first-order valence-electron chi connectivity index (χ1n) is 8.17. The van der Waals surface area contributed by atoms with Gasteiger partial charge in [-0.15, -0.1) is 0 Å². The van der Waals surface area contributed by atoms with Crippen molar-refractivity contribution in [3.05, 3.63) is 76.6 Å². The van der Waals surface area contributed by atoms with E-state index in [1.165, 1.54) is 23.9 Å². The average molecular weight is 395 g/mol. The van der Waals surface area contributed by atoms with E-state index in [0.29, 0.717) is 9.23 Å². The van der Waals surface area contributed by atoms with Gasteiger partial charge in [0, 0.05) is 17.3 Å². The zero-order valence-electron chi connectivity index (χ0n) is 14.3. The molecule has 3 aromatic rings.